The van der Waals surface area contributed by atoms with E-state index in [-0.39, 0.29) is 0 Å². The van der Waals surface area contributed by atoms with E-state index >= 15 is 0 Å². The van der Waals surface area contributed by atoms with Gasteiger partial charge in [0.1, 0.15) is 0 Å². The van der Waals surface area contributed by atoms with Crippen LogP contribution in [0.25, 0.3) is 0 Å². The molecule has 0 bridgehead atoms. The molecule has 0 aromatic heterocycles. The minimum absolute atomic E-state index is 0.522. The summed E-state index contributed by atoms with van der Waals surface area (Å²) in [6, 6.07) is 9.25. The van der Waals surface area contributed by atoms with E-state index in [0.717, 1.165) is 12.5 Å². The van der Waals surface area contributed by atoms with Crippen molar-refractivity contribution in [3.63, 3.8) is 0 Å². The second-order valence-electron chi connectivity index (χ2n) is 5.70. The quantitative estimate of drug-likeness (QED) is 0.709. The lowest BCUT2D eigenvalue weighted by Gasteiger charge is -2.28. The first kappa shape index (κ1) is 15.1. The average molecular weight is 324 g/mol. The van der Waals surface area contributed by atoms with Crippen molar-refractivity contribution in [2.24, 2.45) is 5.92 Å². The van der Waals surface area contributed by atoms with E-state index in [0.29, 0.717) is 6.04 Å². The molecule has 1 atom stereocenters. The third kappa shape index (κ3) is 4.32. The lowest BCUT2D eigenvalue weighted by Crippen LogP contribution is -2.29. The molecule has 0 heterocycles. The molecule has 2 rings (SSSR count). The highest BCUT2D eigenvalue weighted by atomic mass is 79.9. The van der Waals surface area contributed by atoms with E-state index in [9.17, 15) is 0 Å². The number of hydrogen-bond acceptors (Lipinski definition) is 1. The SMILES string of the molecule is CCCNC(c1ccccc1Br)C1CCCCCC1. The third-order valence-electron chi connectivity index (χ3n) is 4.23. The van der Waals surface area contributed by atoms with Gasteiger partial charge in [0.15, 0.2) is 0 Å². The molecule has 0 spiro atoms. The van der Waals surface area contributed by atoms with Crippen LogP contribution in [0.15, 0.2) is 28.7 Å². The predicted molar refractivity (Wildman–Crippen MR) is 86.4 cm³/mol. The largest absolute Gasteiger partial charge is 0.310 e. The van der Waals surface area contributed by atoms with Gasteiger partial charge in [-0.25, -0.2) is 0 Å². The van der Waals surface area contributed by atoms with E-state index in [2.05, 4.69) is 52.4 Å². The maximum absolute atomic E-state index is 3.79. The monoisotopic (exact) mass is 323 g/mol. The van der Waals surface area contributed by atoms with Crippen LogP contribution in [-0.4, -0.2) is 6.54 Å². The molecule has 1 aromatic rings. The lowest BCUT2D eigenvalue weighted by molar-refractivity contribution is 0.325. The zero-order valence-electron chi connectivity index (χ0n) is 12.0. The summed E-state index contributed by atoms with van der Waals surface area (Å²) in [5, 5.41) is 3.79. The maximum Gasteiger partial charge on any atom is 0.0359 e. The fourth-order valence-electron chi connectivity index (χ4n) is 3.20. The van der Waals surface area contributed by atoms with Crippen LogP contribution >= 0.6 is 15.9 Å². The molecule has 1 nitrogen and oxygen atoms in total. The van der Waals surface area contributed by atoms with E-state index in [1.54, 1.807) is 0 Å². The van der Waals surface area contributed by atoms with Crippen molar-refractivity contribution in [3.8, 4) is 0 Å². The fourth-order valence-corrected chi connectivity index (χ4v) is 3.73. The summed E-state index contributed by atoms with van der Waals surface area (Å²) in [6.07, 6.45) is 9.61. The average Bonchev–Trinajstić information content (AvgIpc) is 2.70. The van der Waals surface area contributed by atoms with Crippen LogP contribution < -0.4 is 5.32 Å². The van der Waals surface area contributed by atoms with Crippen molar-refractivity contribution in [1.82, 2.24) is 5.32 Å². The molecule has 0 amide bonds. The Hall–Kier alpha value is -0.340. The van der Waals surface area contributed by atoms with Crippen molar-refractivity contribution >= 4 is 15.9 Å². The smallest absolute Gasteiger partial charge is 0.0359 e. The highest BCUT2D eigenvalue weighted by Gasteiger charge is 2.24. The van der Waals surface area contributed by atoms with Crippen LogP contribution in [-0.2, 0) is 0 Å². The molecule has 1 saturated carbocycles. The van der Waals surface area contributed by atoms with Crippen molar-refractivity contribution in [3.05, 3.63) is 34.3 Å². The van der Waals surface area contributed by atoms with E-state index in [4.69, 9.17) is 0 Å². The van der Waals surface area contributed by atoms with Crippen LogP contribution in [0.2, 0.25) is 0 Å². The minimum atomic E-state index is 0.522. The van der Waals surface area contributed by atoms with Crippen LogP contribution in [0.5, 0.6) is 0 Å². The van der Waals surface area contributed by atoms with Crippen LogP contribution in [0.3, 0.4) is 0 Å². The molecule has 1 unspecified atom stereocenters. The molecule has 0 aliphatic heterocycles. The molecule has 0 radical (unpaired) electrons. The summed E-state index contributed by atoms with van der Waals surface area (Å²) in [6.45, 7) is 3.36. The zero-order valence-corrected chi connectivity index (χ0v) is 13.6. The summed E-state index contributed by atoms with van der Waals surface area (Å²) < 4.78 is 1.26. The molecule has 2 heteroatoms. The second kappa shape index (κ2) is 8.06. The van der Waals surface area contributed by atoms with E-state index in [1.807, 2.05) is 0 Å². The summed E-state index contributed by atoms with van der Waals surface area (Å²) in [7, 11) is 0. The van der Waals surface area contributed by atoms with Gasteiger partial charge in [-0.2, -0.15) is 0 Å². The predicted octanol–water partition coefficient (Wildman–Crippen LogP) is 5.46. The lowest BCUT2D eigenvalue weighted by atomic mass is 9.87. The molecule has 0 saturated heterocycles. The van der Waals surface area contributed by atoms with Crippen LogP contribution in [0.1, 0.15) is 63.5 Å². The highest BCUT2D eigenvalue weighted by Crippen LogP contribution is 2.36. The molecule has 1 aliphatic carbocycles. The Morgan fingerprint density at radius 1 is 1.16 bits per heavy atom. The standard InChI is InChI=1S/C17H26BrN/c1-2-13-19-17(14-9-5-3-4-6-10-14)15-11-7-8-12-16(15)18/h7-8,11-12,14,17,19H,2-6,9-10,13H2,1H3. The summed E-state index contributed by atoms with van der Waals surface area (Å²) in [4.78, 5) is 0. The number of benzene rings is 1. The van der Waals surface area contributed by atoms with Gasteiger partial charge in [0, 0.05) is 10.5 Å². The van der Waals surface area contributed by atoms with Crippen molar-refractivity contribution in [2.45, 2.75) is 57.9 Å². The maximum atomic E-state index is 3.79. The molecule has 19 heavy (non-hydrogen) atoms. The van der Waals surface area contributed by atoms with Gasteiger partial charge >= 0.3 is 0 Å². The number of halogens is 1. The summed E-state index contributed by atoms with van der Waals surface area (Å²) in [5.74, 6) is 0.799. The van der Waals surface area contributed by atoms with Crippen LogP contribution in [0, 0.1) is 5.92 Å². The molecular formula is C17H26BrN. The van der Waals surface area contributed by atoms with Gasteiger partial charge in [0.2, 0.25) is 0 Å². The summed E-state index contributed by atoms with van der Waals surface area (Å²) in [5.41, 5.74) is 1.45. The Labute approximate surface area is 126 Å². The highest BCUT2D eigenvalue weighted by molar-refractivity contribution is 9.10. The van der Waals surface area contributed by atoms with Gasteiger partial charge in [-0.05, 0) is 43.4 Å². The van der Waals surface area contributed by atoms with Crippen molar-refractivity contribution in [1.29, 1.82) is 0 Å². The Bertz CT molecular complexity index is 369. The molecule has 1 aromatic carbocycles. The Kier molecular flexibility index (Phi) is 6.39. The minimum Gasteiger partial charge on any atom is -0.310 e. The molecule has 106 valence electrons. The topological polar surface area (TPSA) is 12.0 Å². The third-order valence-corrected chi connectivity index (χ3v) is 4.95. The van der Waals surface area contributed by atoms with Gasteiger partial charge in [-0.15, -0.1) is 0 Å². The fraction of sp³-hybridized carbons (Fsp3) is 0.647. The Morgan fingerprint density at radius 3 is 2.47 bits per heavy atom. The Balaban J connectivity index is 2.16. The van der Waals surface area contributed by atoms with Gasteiger partial charge in [-0.1, -0.05) is 66.7 Å². The number of hydrogen-bond donors (Lipinski definition) is 1. The Morgan fingerprint density at radius 2 is 1.84 bits per heavy atom. The number of rotatable bonds is 5. The molecule has 1 N–H and O–H groups in total. The summed E-state index contributed by atoms with van der Waals surface area (Å²) >= 11 is 3.73. The van der Waals surface area contributed by atoms with Gasteiger partial charge in [-0.3, -0.25) is 0 Å². The first-order chi connectivity index (χ1) is 9.33. The van der Waals surface area contributed by atoms with E-state index in [1.165, 1.54) is 55.0 Å². The first-order valence-corrected chi connectivity index (χ1v) is 8.60. The van der Waals surface area contributed by atoms with Gasteiger partial charge in [0.25, 0.3) is 0 Å². The second-order valence-corrected chi connectivity index (χ2v) is 6.56. The van der Waals surface area contributed by atoms with Crippen LogP contribution in [0.4, 0.5) is 0 Å². The van der Waals surface area contributed by atoms with Crippen molar-refractivity contribution in [2.75, 3.05) is 6.54 Å². The van der Waals surface area contributed by atoms with Gasteiger partial charge in [0.05, 0.1) is 0 Å². The molecule has 1 aliphatic rings. The molecule has 1 fully saturated rings. The van der Waals surface area contributed by atoms with E-state index < -0.39 is 0 Å². The first-order valence-electron chi connectivity index (χ1n) is 7.80. The van der Waals surface area contributed by atoms with Crippen molar-refractivity contribution < 1.29 is 0 Å². The number of nitrogens with one attached hydrogen (secondary N) is 1. The molecular weight excluding hydrogens is 298 g/mol. The normalized spacial score (nSPS) is 19.1. The van der Waals surface area contributed by atoms with Gasteiger partial charge < -0.3 is 5.32 Å². The zero-order chi connectivity index (χ0) is 13.5.